The van der Waals surface area contributed by atoms with Crippen LogP contribution in [-0.2, 0) is 10.0 Å². The predicted molar refractivity (Wildman–Crippen MR) is 115 cm³/mol. The van der Waals surface area contributed by atoms with Gasteiger partial charge in [0, 0.05) is 22.0 Å². The number of thioether (sulfide) groups is 1. The van der Waals surface area contributed by atoms with Crippen LogP contribution in [0.1, 0.15) is 12.0 Å². The number of nitrogens with zero attached hydrogens (tertiary/aromatic N) is 3. The zero-order valence-corrected chi connectivity index (χ0v) is 18.0. The van der Waals surface area contributed by atoms with Gasteiger partial charge in [0.2, 0.25) is 10.0 Å². The summed E-state index contributed by atoms with van der Waals surface area (Å²) in [6.07, 6.45) is 0.519. The molecule has 9 heteroatoms. The van der Waals surface area contributed by atoms with Crippen LogP contribution in [0, 0.1) is 6.92 Å². The minimum Gasteiger partial charge on any atom is -0.270 e. The van der Waals surface area contributed by atoms with Gasteiger partial charge in [-0.15, -0.1) is 10.2 Å². The summed E-state index contributed by atoms with van der Waals surface area (Å²) in [6.45, 7) is 2.03. The molecule has 0 atom stereocenters. The number of nitrogens with one attached hydrogen (secondary N) is 1. The fraction of sp³-hybridized carbons (Fsp3) is 0.263. The Morgan fingerprint density at radius 2 is 1.89 bits per heavy atom. The fourth-order valence-corrected chi connectivity index (χ4v) is 4.59. The maximum atomic E-state index is 11.6. The molecular formula is C19H21ClN4O2S2. The summed E-state index contributed by atoms with van der Waals surface area (Å²) in [6, 6.07) is 15.6. The molecule has 0 bridgehead atoms. The van der Waals surface area contributed by atoms with Gasteiger partial charge in [0.15, 0.2) is 11.0 Å². The number of halogens is 1. The average Bonchev–Trinajstić information content (AvgIpc) is 3.10. The first kappa shape index (κ1) is 20.9. The first-order valence-electron chi connectivity index (χ1n) is 8.72. The molecule has 3 aromatic rings. The SMILES string of the molecule is CNS(=O)(=O)CCCSc1nnc(-c2ccc(Cl)cc2)n1-c1cccc(C)c1. The van der Waals surface area contributed by atoms with Gasteiger partial charge in [-0.2, -0.15) is 0 Å². The second-order valence-corrected chi connectivity index (χ2v) is 9.76. The summed E-state index contributed by atoms with van der Waals surface area (Å²) in [5.74, 6) is 1.41. The Bertz CT molecular complexity index is 1050. The molecular weight excluding hydrogens is 416 g/mol. The zero-order valence-electron chi connectivity index (χ0n) is 15.6. The number of rotatable bonds is 8. The molecule has 0 unspecified atom stereocenters. The second kappa shape index (κ2) is 9.09. The molecule has 148 valence electrons. The third kappa shape index (κ3) is 5.14. The number of hydrogen-bond donors (Lipinski definition) is 1. The Hall–Kier alpha value is -1.87. The van der Waals surface area contributed by atoms with Crippen molar-refractivity contribution in [3.63, 3.8) is 0 Å². The third-order valence-corrected chi connectivity index (χ3v) is 6.81. The van der Waals surface area contributed by atoms with Gasteiger partial charge in [0.1, 0.15) is 0 Å². The standard InChI is InChI=1S/C19H21ClN4O2S2/c1-14-5-3-6-17(13-14)24-18(15-7-9-16(20)10-8-15)22-23-19(24)27-11-4-12-28(25,26)21-2/h3,5-10,13,21H,4,11-12H2,1-2H3. The summed E-state index contributed by atoms with van der Waals surface area (Å²) in [7, 11) is -1.78. The maximum absolute atomic E-state index is 11.6. The molecule has 3 rings (SSSR count). The van der Waals surface area contributed by atoms with Crippen molar-refractivity contribution in [3.8, 4) is 17.1 Å². The average molecular weight is 437 g/mol. The minimum absolute atomic E-state index is 0.0825. The van der Waals surface area contributed by atoms with Crippen LogP contribution >= 0.6 is 23.4 Å². The minimum atomic E-state index is -3.20. The first-order valence-corrected chi connectivity index (χ1v) is 11.7. The van der Waals surface area contributed by atoms with E-state index in [4.69, 9.17) is 11.6 Å². The summed E-state index contributed by atoms with van der Waals surface area (Å²) in [5.41, 5.74) is 2.99. The smallest absolute Gasteiger partial charge is 0.211 e. The number of benzene rings is 2. The Morgan fingerprint density at radius 1 is 1.14 bits per heavy atom. The lowest BCUT2D eigenvalue weighted by Crippen LogP contribution is -2.22. The van der Waals surface area contributed by atoms with Gasteiger partial charge in [0.25, 0.3) is 0 Å². The summed E-state index contributed by atoms with van der Waals surface area (Å²) in [4.78, 5) is 0. The van der Waals surface area contributed by atoms with Crippen molar-refractivity contribution >= 4 is 33.4 Å². The predicted octanol–water partition coefficient (Wildman–Crippen LogP) is 3.93. The Labute approximate surface area is 174 Å². The van der Waals surface area contributed by atoms with E-state index in [9.17, 15) is 8.42 Å². The highest BCUT2D eigenvalue weighted by Gasteiger charge is 2.17. The molecule has 0 saturated carbocycles. The van der Waals surface area contributed by atoms with Gasteiger partial charge in [-0.05, 0) is 62.4 Å². The highest BCUT2D eigenvalue weighted by Crippen LogP contribution is 2.29. The van der Waals surface area contributed by atoms with Gasteiger partial charge >= 0.3 is 0 Å². The lowest BCUT2D eigenvalue weighted by Gasteiger charge is -2.11. The Morgan fingerprint density at radius 3 is 2.57 bits per heavy atom. The van der Waals surface area contributed by atoms with Crippen LogP contribution in [0.25, 0.3) is 17.1 Å². The fourth-order valence-electron chi connectivity index (χ4n) is 2.66. The van der Waals surface area contributed by atoms with E-state index in [-0.39, 0.29) is 5.75 Å². The molecule has 0 saturated heterocycles. The Kier molecular flexibility index (Phi) is 6.77. The van der Waals surface area contributed by atoms with E-state index in [1.807, 2.05) is 54.0 Å². The van der Waals surface area contributed by atoms with Crippen LogP contribution in [0.2, 0.25) is 5.02 Å². The van der Waals surface area contributed by atoms with Crippen molar-refractivity contribution in [3.05, 3.63) is 59.1 Å². The normalized spacial score (nSPS) is 11.7. The molecule has 0 radical (unpaired) electrons. The van der Waals surface area contributed by atoms with Gasteiger partial charge < -0.3 is 0 Å². The van der Waals surface area contributed by atoms with E-state index >= 15 is 0 Å². The molecule has 0 aliphatic rings. The summed E-state index contributed by atoms with van der Waals surface area (Å²) >= 11 is 7.50. The van der Waals surface area contributed by atoms with Crippen LogP contribution in [-0.4, -0.2) is 41.7 Å². The van der Waals surface area contributed by atoms with E-state index < -0.39 is 10.0 Å². The molecule has 0 aliphatic heterocycles. The van der Waals surface area contributed by atoms with Crippen molar-refractivity contribution in [1.29, 1.82) is 0 Å². The second-order valence-electron chi connectivity index (χ2n) is 6.21. The Balaban J connectivity index is 1.91. The molecule has 2 aromatic carbocycles. The monoisotopic (exact) mass is 436 g/mol. The van der Waals surface area contributed by atoms with E-state index in [1.54, 1.807) is 0 Å². The van der Waals surface area contributed by atoms with E-state index in [1.165, 1.54) is 18.8 Å². The molecule has 6 nitrogen and oxygen atoms in total. The highest BCUT2D eigenvalue weighted by molar-refractivity contribution is 7.99. The molecule has 0 fully saturated rings. The molecule has 28 heavy (non-hydrogen) atoms. The lowest BCUT2D eigenvalue weighted by atomic mass is 10.2. The molecule has 1 N–H and O–H groups in total. The van der Waals surface area contributed by atoms with Gasteiger partial charge in [-0.1, -0.05) is 35.5 Å². The van der Waals surface area contributed by atoms with Gasteiger partial charge in [-0.3, -0.25) is 4.57 Å². The van der Waals surface area contributed by atoms with Gasteiger partial charge in [-0.25, -0.2) is 13.1 Å². The third-order valence-electron chi connectivity index (χ3n) is 4.10. The van der Waals surface area contributed by atoms with E-state index in [2.05, 4.69) is 21.0 Å². The quantitative estimate of drug-likeness (QED) is 0.427. The maximum Gasteiger partial charge on any atom is 0.211 e. The molecule has 1 aromatic heterocycles. The molecule has 0 spiro atoms. The van der Waals surface area contributed by atoms with Crippen molar-refractivity contribution in [2.45, 2.75) is 18.5 Å². The van der Waals surface area contributed by atoms with Gasteiger partial charge in [0.05, 0.1) is 5.75 Å². The zero-order chi connectivity index (χ0) is 20.1. The van der Waals surface area contributed by atoms with Crippen LogP contribution in [0.3, 0.4) is 0 Å². The number of aryl methyl sites for hydroxylation is 1. The van der Waals surface area contributed by atoms with Crippen molar-refractivity contribution in [1.82, 2.24) is 19.5 Å². The van der Waals surface area contributed by atoms with E-state index in [0.717, 1.165) is 22.0 Å². The molecule has 1 heterocycles. The number of aromatic nitrogens is 3. The van der Waals surface area contributed by atoms with Crippen LogP contribution in [0.5, 0.6) is 0 Å². The van der Waals surface area contributed by atoms with E-state index in [0.29, 0.717) is 23.0 Å². The summed E-state index contributed by atoms with van der Waals surface area (Å²) < 4.78 is 27.5. The summed E-state index contributed by atoms with van der Waals surface area (Å²) in [5, 5.41) is 10.1. The number of hydrogen-bond acceptors (Lipinski definition) is 5. The topological polar surface area (TPSA) is 76.9 Å². The lowest BCUT2D eigenvalue weighted by molar-refractivity contribution is 0.587. The highest BCUT2D eigenvalue weighted by atomic mass is 35.5. The van der Waals surface area contributed by atoms with Crippen molar-refractivity contribution in [2.24, 2.45) is 0 Å². The van der Waals surface area contributed by atoms with Crippen molar-refractivity contribution in [2.75, 3.05) is 18.6 Å². The van der Waals surface area contributed by atoms with Crippen LogP contribution < -0.4 is 4.72 Å². The molecule has 0 amide bonds. The largest absolute Gasteiger partial charge is 0.270 e. The van der Waals surface area contributed by atoms with Crippen molar-refractivity contribution < 1.29 is 8.42 Å². The van der Waals surface area contributed by atoms with Crippen LogP contribution in [0.4, 0.5) is 0 Å². The first-order chi connectivity index (χ1) is 13.4. The number of sulfonamides is 1. The van der Waals surface area contributed by atoms with Crippen LogP contribution in [0.15, 0.2) is 53.7 Å². The molecule has 0 aliphatic carbocycles.